The van der Waals surface area contributed by atoms with E-state index < -0.39 is 6.10 Å². The van der Waals surface area contributed by atoms with Crippen molar-refractivity contribution in [3.05, 3.63) is 29.3 Å². The van der Waals surface area contributed by atoms with E-state index in [1.165, 1.54) is 0 Å². The summed E-state index contributed by atoms with van der Waals surface area (Å²) in [4.78, 5) is 25.6. The minimum absolute atomic E-state index is 0.0357. The Morgan fingerprint density at radius 2 is 2.08 bits per heavy atom. The minimum atomic E-state index is -0.619. The highest BCUT2D eigenvalue weighted by Gasteiger charge is 2.26. The average molecular weight is 355 g/mol. The highest BCUT2D eigenvalue weighted by Crippen LogP contribution is 2.18. The van der Waals surface area contributed by atoms with Crippen molar-refractivity contribution in [2.75, 3.05) is 19.7 Å². The Hall–Kier alpha value is -1.95. The van der Waals surface area contributed by atoms with E-state index >= 15 is 0 Å². The lowest BCUT2D eigenvalue weighted by Crippen LogP contribution is -2.49. The van der Waals surface area contributed by atoms with Gasteiger partial charge in [-0.15, -0.1) is 0 Å². The highest BCUT2D eigenvalue weighted by atomic mass is 35.5. The summed E-state index contributed by atoms with van der Waals surface area (Å²) in [5.41, 5.74) is 0. The van der Waals surface area contributed by atoms with Crippen molar-refractivity contribution in [3.8, 4) is 5.75 Å². The average Bonchev–Trinajstić information content (AvgIpc) is 2.55. The Balaban J connectivity index is 1.77. The standard InChI is InChI=1S/C17H23ClN2O4/c1-3-23-17(22)20-9-7-14(8-10-20)19-16(21)12(2)24-15-6-4-5-13(18)11-15/h4-6,11-12,14H,3,7-10H2,1-2H3,(H,19,21)/t12-/m0/s1. The van der Waals surface area contributed by atoms with Gasteiger partial charge in [0.25, 0.3) is 5.91 Å². The van der Waals surface area contributed by atoms with E-state index in [0.29, 0.717) is 43.3 Å². The molecule has 1 aliphatic rings. The minimum Gasteiger partial charge on any atom is -0.481 e. The molecule has 0 radical (unpaired) electrons. The van der Waals surface area contributed by atoms with Crippen molar-refractivity contribution in [2.24, 2.45) is 0 Å². The van der Waals surface area contributed by atoms with Gasteiger partial charge in [0.15, 0.2) is 6.10 Å². The fourth-order valence-corrected chi connectivity index (χ4v) is 2.72. The molecule has 1 aliphatic heterocycles. The van der Waals surface area contributed by atoms with Crippen LogP contribution in [0.1, 0.15) is 26.7 Å². The number of amides is 2. The van der Waals surface area contributed by atoms with Crippen molar-refractivity contribution >= 4 is 23.6 Å². The number of hydrogen-bond acceptors (Lipinski definition) is 4. The molecule has 1 saturated heterocycles. The smallest absolute Gasteiger partial charge is 0.409 e. The quantitative estimate of drug-likeness (QED) is 0.882. The number of nitrogens with zero attached hydrogens (tertiary/aromatic N) is 1. The molecule has 1 aromatic rings. The first kappa shape index (κ1) is 18.4. The Morgan fingerprint density at radius 1 is 1.38 bits per heavy atom. The van der Waals surface area contributed by atoms with Gasteiger partial charge in [0.2, 0.25) is 0 Å². The molecule has 1 fully saturated rings. The highest BCUT2D eigenvalue weighted by molar-refractivity contribution is 6.30. The maximum atomic E-state index is 12.2. The largest absolute Gasteiger partial charge is 0.481 e. The number of rotatable bonds is 5. The summed E-state index contributed by atoms with van der Waals surface area (Å²) < 4.78 is 10.6. The van der Waals surface area contributed by atoms with Crippen LogP contribution in [0.25, 0.3) is 0 Å². The molecule has 24 heavy (non-hydrogen) atoms. The van der Waals surface area contributed by atoms with E-state index in [9.17, 15) is 9.59 Å². The summed E-state index contributed by atoms with van der Waals surface area (Å²) in [5, 5.41) is 3.53. The zero-order valence-corrected chi connectivity index (χ0v) is 14.7. The van der Waals surface area contributed by atoms with Gasteiger partial charge in [0.1, 0.15) is 5.75 Å². The van der Waals surface area contributed by atoms with Gasteiger partial charge in [-0.05, 0) is 44.9 Å². The molecule has 0 bridgehead atoms. The number of nitrogens with one attached hydrogen (secondary N) is 1. The van der Waals surface area contributed by atoms with Crippen LogP contribution in [0.2, 0.25) is 5.02 Å². The Bertz CT molecular complexity index is 573. The molecule has 0 saturated carbocycles. The van der Waals surface area contributed by atoms with Crippen LogP contribution in [0.3, 0.4) is 0 Å². The number of ether oxygens (including phenoxy) is 2. The van der Waals surface area contributed by atoms with Crippen LogP contribution in [0.15, 0.2) is 24.3 Å². The first-order valence-electron chi connectivity index (χ1n) is 8.14. The molecule has 6 nitrogen and oxygen atoms in total. The van der Waals surface area contributed by atoms with E-state index in [2.05, 4.69) is 5.32 Å². The third-order valence-electron chi connectivity index (χ3n) is 3.85. The van der Waals surface area contributed by atoms with Crippen molar-refractivity contribution in [1.82, 2.24) is 10.2 Å². The summed E-state index contributed by atoms with van der Waals surface area (Å²) in [7, 11) is 0. The molecule has 1 atom stereocenters. The molecule has 1 aromatic carbocycles. The molecular weight excluding hydrogens is 332 g/mol. The Labute approximate surface area is 147 Å². The van der Waals surface area contributed by atoms with Gasteiger partial charge in [0, 0.05) is 24.2 Å². The Kier molecular flexibility index (Phi) is 6.73. The molecule has 0 spiro atoms. The van der Waals surface area contributed by atoms with Gasteiger partial charge < -0.3 is 19.7 Å². The lowest BCUT2D eigenvalue weighted by atomic mass is 10.1. The fraction of sp³-hybridized carbons (Fsp3) is 0.529. The van der Waals surface area contributed by atoms with Gasteiger partial charge in [-0.1, -0.05) is 17.7 Å². The molecule has 0 aliphatic carbocycles. The molecule has 1 heterocycles. The first-order valence-corrected chi connectivity index (χ1v) is 8.51. The predicted octanol–water partition coefficient (Wildman–Crippen LogP) is 2.84. The van der Waals surface area contributed by atoms with Crippen molar-refractivity contribution in [1.29, 1.82) is 0 Å². The number of likely N-dealkylation sites (tertiary alicyclic amines) is 1. The molecule has 1 N–H and O–H groups in total. The topological polar surface area (TPSA) is 67.9 Å². The van der Waals surface area contributed by atoms with E-state index in [-0.39, 0.29) is 18.0 Å². The maximum absolute atomic E-state index is 12.2. The van der Waals surface area contributed by atoms with E-state index in [4.69, 9.17) is 21.1 Å². The number of benzene rings is 1. The molecule has 2 rings (SSSR count). The van der Waals surface area contributed by atoms with Crippen LogP contribution in [-0.4, -0.2) is 48.7 Å². The molecule has 0 unspecified atom stereocenters. The predicted molar refractivity (Wildman–Crippen MR) is 91.3 cm³/mol. The van der Waals surface area contributed by atoms with Crippen LogP contribution in [0.5, 0.6) is 5.75 Å². The molecule has 132 valence electrons. The van der Waals surface area contributed by atoms with Gasteiger partial charge in [0.05, 0.1) is 6.61 Å². The second-order valence-electron chi connectivity index (χ2n) is 5.69. The number of piperidine rings is 1. The van der Waals surface area contributed by atoms with Crippen LogP contribution in [-0.2, 0) is 9.53 Å². The number of carbonyl (C=O) groups is 2. The normalized spacial score (nSPS) is 16.4. The maximum Gasteiger partial charge on any atom is 0.409 e. The second-order valence-corrected chi connectivity index (χ2v) is 6.12. The summed E-state index contributed by atoms with van der Waals surface area (Å²) in [6, 6.07) is 6.98. The second kappa shape index (κ2) is 8.78. The zero-order chi connectivity index (χ0) is 17.5. The molecule has 7 heteroatoms. The third-order valence-corrected chi connectivity index (χ3v) is 4.08. The van der Waals surface area contributed by atoms with Gasteiger partial charge in [-0.25, -0.2) is 4.79 Å². The number of hydrogen-bond donors (Lipinski definition) is 1. The number of carbonyl (C=O) groups excluding carboxylic acids is 2. The number of halogens is 1. The lowest BCUT2D eigenvalue weighted by molar-refractivity contribution is -0.128. The van der Waals surface area contributed by atoms with Crippen LogP contribution >= 0.6 is 11.6 Å². The Morgan fingerprint density at radius 3 is 2.71 bits per heavy atom. The van der Waals surface area contributed by atoms with E-state index in [1.807, 2.05) is 0 Å². The molecule has 0 aromatic heterocycles. The van der Waals surface area contributed by atoms with Gasteiger partial charge in [-0.3, -0.25) is 4.79 Å². The monoisotopic (exact) mass is 354 g/mol. The van der Waals surface area contributed by atoms with Gasteiger partial charge >= 0.3 is 6.09 Å². The fourth-order valence-electron chi connectivity index (χ4n) is 2.54. The third kappa shape index (κ3) is 5.30. The van der Waals surface area contributed by atoms with Crippen LogP contribution in [0, 0.1) is 0 Å². The van der Waals surface area contributed by atoms with E-state index in [1.54, 1.807) is 43.0 Å². The van der Waals surface area contributed by atoms with Gasteiger partial charge in [-0.2, -0.15) is 0 Å². The first-order chi connectivity index (χ1) is 11.5. The summed E-state index contributed by atoms with van der Waals surface area (Å²) in [5.74, 6) is 0.381. The van der Waals surface area contributed by atoms with E-state index in [0.717, 1.165) is 0 Å². The summed E-state index contributed by atoms with van der Waals surface area (Å²) in [6.07, 6.45) is 0.495. The van der Waals surface area contributed by atoms with Crippen LogP contribution in [0.4, 0.5) is 4.79 Å². The van der Waals surface area contributed by atoms with Crippen molar-refractivity contribution in [3.63, 3.8) is 0 Å². The van der Waals surface area contributed by atoms with Crippen molar-refractivity contribution < 1.29 is 19.1 Å². The zero-order valence-electron chi connectivity index (χ0n) is 14.0. The lowest BCUT2D eigenvalue weighted by Gasteiger charge is -2.32. The van der Waals surface area contributed by atoms with Crippen molar-refractivity contribution in [2.45, 2.75) is 38.8 Å². The summed E-state index contributed by atoms with van der Waals surface area (Å²) in [6.45, 7) is 5.00. The van der Waals surface area contributed by atoms with Crippen LogP contribution < -0.4 is 10.1 Å². The SMILES string of the molecule is CCOC(=O)N1CCC(NC(=O)[C@H](C)Oc2cccc(Cl)c2)CC1. The molecule has 2 amide bonds. The molecular formula is C17H23ClN2O4. The summed E-state index contributed by atoms with van der Waals surface area (Å²) >= 11 is 5.90.